The number of halogens is 3. The third kappa shape index (κ3) is 1.92. The van der Waals surface area contributed by atoms with Crippen LogP contribution in [0.1, 0.15) is 5.82 Å². The topological polar surface area (TPSA) is 41.6 Å². The van der Waals surface area contributed by atoms with Crippen LogP contribution < -0.4 is 0 Å². The van der Waals surface area contributed by atoms with Crippen molar-refractivity contribution in [2.75, 3.05) is 6.26 Å². The third-order valence-corrected chi connectivity index (χ3v) is 2.51. The molecule has 0 saturated carbocycles. The van der Waals surface area contributed by atoms with Gasteiger partial charge in [-0.3, -0.25) is 0 Å². The van der Waals surface area contributed by atoms with Crippen molar-refractivity contribution >= 4 is 22.9 Å². The van der Waals surface area contributed by atoms with Crippen LogP contribution in [0.25, 0.3) is 11.2 Å². The number of rotatable bonds is 1. The number of fused-ring (bicyclic) bond motifs is 1. The summed E-state index contributed by atoms with van der Waals surface area (Å²) in [5.41, 5.74) is 0.384. The standard InChI is InChI=1S/C8H6F3N3S/c1-15-4-2-5-6(12-3-4)14-7(13-5)8(9,10)11/h2-3H,1H3,(H,12,13,14). The van der Waals surface area contributed by atoms with Gasteiger partial charge in [0.2, 0.25) is 5.82 Å². The van der Waals surface area contributed by atoms with Crippen LogP contribution in [0.5, 0.6) is 0 Å². The molecule has 3 nitrogen and oxygen atoms in total. The molecule has 0 saturated heterocycles. The maximum Gasteiger partial charge on any atom is 0.449 e. The Morgan fingerprint density at radius 2 is 2.13 bits per heavy atom. The Morgan fingerprint density at radius 1 is 1.40 bits per heavy atom. The summed E-state index contributed by atoms with van der Waals surface area (Å²) in [5, 5.41) is 0. The fourth-order valence-electron chi connectivity index (χ4n) is 1.13. The van der Waals surface area contributed by atoms with E-state index in [-0.39, 0.29) is 5.65 Å². The first-order valence-corrected chi connectivity index (χ1v) is 5.20. The van der Waals surface area contributed by atoms with E-state index in [1.165, 1.54) is 18.0 Å². The predicted molar refractivity (Wildman–Crippen MR) is 50.7 cm³/mol. The minimum atomic E-state index is -4.46. The van der Waals surface area contributed by atoms with E-state index in [1.807, 2.05) is 6.26 Å². The van der Waals surface area contributed by atoms with Crippen LogP contribution in [-0.2, 0) is 6.18 Å². The molecule has 2 rings (SSSR count). The highest BCUT2D eigenvalue weighted by Gasteiger charge is 2.34. The Morgan fingerprint density at radius 3 is 2.73 bits per heavy atom. The number of thioether (sulfide) groups is 1. The first-order chi connectivity index (χ1) is 7.00. The maximum absolute atomic E-state index is 12.3. The Balaban J connectivity index is 2.56. The molecule has 15 heavy (non-hydrogen) atoms. The van der Waals surface area contributed by atoms with Gasteiger partial charge in [-0.25, -0.2) is 9.97 Å². The van der Waals surface area contributed by atoms with Crippen molar-refractivity contribution < 1.29 is 13.2 Å². The van der Waals surface area contributed by atoms with Crippen LogP contribution in [0.15, 0.2) is 17.2 Å². The van der Waals surface area contributed by atoms with Crippen molar-refractivity contribution in [3.05, 3.63) is 18.1 Å². The Labute approximate surface area is 87.1 Å². The van der Waals surface area contributed by atoms with E-state index >= 15 is 0 Å². The van der Waals surface area contributed by atoms with E-state index in [9.17, 15) is 13.2 Å². The number of hydrogen-bond acceptors (Lipinski definition) is 3. The molecule has 7 heteroatoms. The fourth-order valence-corrected chi connectivity index (χ4v) is 1.52. The van der Waals surface area contributed by atoms with Crippen molar-refractivity contribution in [2.24, 2.45) is 0 Å². The molecule has 2 aromatic rings. The third-order valence-electron chi connectivity index (χ3n) is 1.82. The normalized spacial score (nSPS) is 12.3. The van der Waals surface area contributed by atoms with Gasteiger partial charge in [-0.1, -0.05) is 0 Å². The summed E-state index contributed by atoms with van der Waals surface area (Å²) in [4.78, 5) is 10.2. The predicted octanol–water partition coefficient (Wildman–Crippen LogP) is 2.70. The molecule has 0 fully saturated rings. The largest absolute Gasteiger partial charge is 0.449 e. The first kappa shape index (κ1) is 10.3. The lowest BCUT2D eigenvalue weighted by molar-refractivity contribution is -0.144. The summed E-state index contributed by atoms with van der Waals surface area (Å²) >= 11 is 1.41. The number of aromatic amines is 1. The molecule has 0 spiro atoms. The van der Waals surface area contributed by atoms with Crippen molar-refractivity contribution in [2.45, 2.75) is 11.1 Å². The monoisotopic (exact) mass is 233 g/mol. The average molecular weight is 233 g/mol. The summed E-state index contributed by atoms with van der Waals surface area (Å²) in [7, 11) is 0. The van der Waals surface area contributed by atoms with E-state index in [2.05, 4.69) is 15.0 Å². The second kappa shape index (κ2) is 3.41. The summed E-state index contributed by atoms with van der Waals surface area (Å²) in [6.07, 6.45) is -1.14. The van der Waals surface area contributed by atoms with Gasteiger partial charge in [0.05, 0.1) is 5.52 Å². The quantitative estimate of drug-likeness (QED) is 0.770. The number of pyridine rings is 1. The van der Waals surface area contributed by atoms with Crippen LogP contribution in [0.3, 0.4) is 0 Å². The number of hydrogen-bond donors (Lipinski definition) is 1. The van der Waals surface area contributed by atoms with Gasteiger partial charge in [-0.05, 0) is 12.3 Å². The molecule has 0 aromatic carbocycles. The Bertz CT molecular complexity index is 491. The summed E-state index contributed by atoms with van der Waals surface area (Å²) < 4.78 is 36.8. The van der Waals surface area contributed by atoms with Gasteiger partial charge < -0.3 is 4.98 Å². The Hall–Kier alpha value is -1.24. The lowest BCUT2D eigenvalue weighted by Gasteiger charge is -1.98. The molecular formula is C8H6F3N3S. The number of imidazole rings is 1. The van der Waals surface area contributed by atoms with E-state index in [0.29, 0.717) is 5.52 Å². The molecule has 1 N–H and O–H groups in total. The van der Waals surface area contributed by atoms with Crippen molar-refractivity contribution in [1.29, 1.82) is 0 Å². The van der Waals surface area contributed by atoms with Crippen LogP contribution in [0, 0.1) is 0 Å². The molecule has 0 radical (unpaired) electrons. The highest BCUT2D eigenvalue weighted by Crippen LogP contribution is 2.28. The number of nitrogens with one attached hydrogen (secondary N) is 1. The zero-order valence-electron chi connectivity index (χ0n) is 7.59. The van der Waals surface area contributed by atoms with Crippen molar-refractivity contribution in [1.82, 2.24) is 15.0 Å². The molecule has 0 aliphatic carbocycles. The van der Waals surface area contributed by atoms with Crippen LogP contribution in [0.4, 0.5) is 13.2 Å². The number of aromatic nitrogens is 3. The van der Waals surface area contributed by atoms with Gasteiger partial charge in [0.1, 0.15) is 0 Å². The van der Waals surface area contributed by atoms with Crippen LogP contribution in [-0.4, -0.2) is 21.2 Å². The van der Waals surface area contributed by atoms with Gasteiger partial charge in [0.25, 0.3) is 0 Å². The van der Waals surface area contributed by atoms with Gasteiger partial charge >= 0.3 is 6.18 Å². The highest BCUT2D eigenvalue weighted by molar-refractivity contribution is 7.98. The summed E-state index contributed by atoms with van der Waals surface area (Å²) in [6.45, 7) is 0. The van der Waals surface area contributed by atoms with Gasteiger partial charge in [0, 0.05) is 11.1 Å². The molecule has 80 valence electrons. The van der Waals surface area contributed by atoms with Crippen molar-refractivity contribution in [3.8, 4) is 0 Å². The Kier molecular flexibility index (Phi) is 2.34. The second-order valence-electron chi connectivity index (χ2n) is 2.83. The second-order valence-corrected chi connectivity index (χ2v) is 3.71. The number of H-pyrrole nitrogens is 1. The van der Waals surface area contributed by atoms with Crippen LogP contribution >= 0.6 is 11.8 Å². The molecular weight excluding hydrogens is 227 g/mol. The highest BCUT2D eigenvalue weighted by atomic mass is 32.2. The van der Waals surface area contributed by atoms with E-state index in [0.717, 1.165) is 4.90 Å². The number of alkyl halides is 3. The van der Waals surface area contributed by atoms with Crippen molar-refractivity contribution in [3.63, 3.8) is 0 Å². The molecule has 0 atom stereocenters. The first-order valence-electron chi connectivity index (χ1n) is 3.97. The zero-order valence-corrected chi connectivity index (χ0v) is 8.41. The van der Waals surface area contributed by atoms with E-state index in [4.69, 9.17) is 0 Å². The molecule has 0 amide bonds. The minimum absolute atomic E-state index is 0.0834. The molecule has 0 aliphatic heterocycles. The summed E-state index contributed by atoms with van der Waals surface area (Å²) in [6, 6.07) is 1.59. The molecule has 0 bridgehead atoms. The zero-order chi connectivity index (χ0) is 11.1. The average Bonchev–Trinajstić information content (AvgIpc) is 2.59. The van der Waals surface area contributed by atoms with Gasteiger partial charge in [0.15, 0.2) is 5.65 Å². The van der Waals surface area contributed by atoms with Gasteiger partial charge in [-0.2, -0.15) is 13.2 Å². The molecule has 2 heterocycles. The molecule has 0 aliphatic rings. The fraction of sp³-hybridized carbons (Fsp3) is 0.250. The molecule has 0 unspecified atom stereocenters. The van der Waals surface area contributed by atoms with E-state index < -0.39 is 12.0 Å². The van der Waals surface area contributed by atoms with E-state index in [1.54, 1.807) is 6.07 Å². The smallest absolute Gasteiger partial charge is 0.333 e. The maximum atomic E-state index is 12.3. The summed E-state index contributed by atoms with van der Waals surface area (Å²) in [5.74, 6) is -1.01. The number of nitrogens with zero attached hydrogens (tertiary/aromatic N) is 2. The van der Waals surface area contributed by atoms with Gasteiger partial charge in [-0.15, -0.1) is 11.8 Å². The van der Waals surface area contributed by atoms with Crippen LogP contribution in [0.2, 0.25) is 0 Å². The lowest BCUT2D eigenvalue weighted by Crippen LogP contribution is -2.06. The SMILES string of the molecule is CSc1cnc2nc(C(F)(F)F)[nH]c2c1. The lowest BCUT2D eigenvalue weighted by atomic mass is 10.4. The minimum Gasteiger partial charge on any atom is -0.333 e. The molecule has 2 aromatic heterocycles.